The van der Waals surface area contributed by atoms with Crippen LogP contribution in [0.4, 0.5) is 0 Å². The highest BCUT2D eigenvalue weighted by molar-refractivity contribution is 5.97. The minimum atomic E-state index is -0.570. The first-order valence-electron chi connectivity index (χ1n) is 11.2. The number of aromatic nitrogens is 2. The van der Waals surface area contributed by atoms with Gasteiger partial charge in [-0.15, -0.1) is 0 Å². The molecule has 2 aromatic heterocycles. The SMILES string of the molecule is N#Cc1ccccc1Cn1c(=O)n(-c2ccccc2)c(=O)c2ccc(C(=O)NCc3ccco3)cc21. The summed E-state index contributed by atoms with van der Waals surface area (Å²) in [4.78, 5) is 40.0. The van der Waals surface area contributed by atoms with Crippen molar-refractivity contribution < 1.29 is 9.21 Å². The number of carbonyl (C=O) groups is 1. The Hall–Kier alpha value is -5.16. The van der Waals surface area contributed by atoms with E-state index in [1.807, 2.05) is 0 Å². The van der Waals surface area contributed by atoms with Crippen molar-refractivity contribution in [3.05, 3.63) is 134 Å². The largest absolute Gasteiger partial charge is 0.467 e. The zero-order valence-corrected chi connectivity index (χ0v) is 19.0. The molecule has 1 amide bonds. The number of furan rings is 1. The third-order valence-electron chi connectivity index (χ3n) is 5.89. The van der Waals surface area contributed by atoms with Crippen molar-refractivity contribution in [1.82, 2.24) is 14.5 Å². The van der Waals surface area contributed by atoms with Crippen LogP contribution in [0, 0.1) is 11.3 Å². The molecular formula is C28H20N4O4. The van der Waals surface area contributed by atoms with Gasteiger partial charge in [-0.05, 0) is 54.1 Å². The van der Waals surface area contributed by atoms with E-state index in [1.54, 1.807) is 78.9 Å². The molecule has 0 aliphatic carbocycles. The molecule has 0 atom stereocenters. The normalized spacial score (nSPS) is 10.8. The van der Waals surface area contributed by atoms with Crippen LogP contribution >= 0.6 is 0 Å². The topological polar surface area (TPSA) is 110 Å². The summed E-state index contributed by atoms with van der Waals surface area (Å²) in [6.45, 7) is 0.242. The van der Waals surface area contributed by atoms with E-state index in [2.05, 4.69) is 11.4 Å². The maximum Gasteiger partial charge on any atom is 0.336 e. The minimum absolute atomic E-state index is 0.0453. The van der Waals surface area contributed by atoms with Crippen molar-refractivity contribution in [3.8, 4) is 11.8 Å². The number of benzene rings is 3. The lowest BCUT2D eigenvalue weighted by molar-refractivity contribution is 0.0948. The molecule has 3 aromatic carbocycles. The van der Waals surface area contributed by atoms with Crippen LogP contribution < -0.4 is 16.6 Å². The molecule has 0 spiro atoms. The van der Waals surface area contributed by atoms with Crippen molar-refractivity contribution >= 4 is 16.8 Å². The van der Waals surface area contributed by atoms with Crippen LogP contribution in [0.3, 0.4) is 0 Å². The maximum absolute atomic E-state index is 13.7. The minimum Gasteiger partial charge on any atom is -0.467 e. The Morgan fingerprint density at radius 3 is 2.47 bits per heavy atom. The molecule has 0 aliphatic rings. The van der Waals surface area contributed by atoms with Gasteiger partial charge in [0.2, 0.25) is 0 Å². The Bertz CT molecular complexity index is 1730. The summed E-state index contributed by atoms with van der Waals surface area (Å²) in [6, 6.07) is 25.8. The molecule has 0 bridgehead atoms. The maximum atomic E-state index is 13.7. The number of amides is 1. The van der Waals surface area contributed by atoms with Gasteiger partial charge in [-0.1, -0.05) is 36.4 Å². The van der Waals surface area contributed by atoms with Crippen LogP contribution in [0.15, 0.2) is 105 Å². The van der Waals surface area contributed by atoms with Crippen LogP contribution in [0.25, 0.3) is 16.6 Å². The van der Waals surface area contributed by atoms with Gasteiger partial charge in [0.05, 0.1) is 47.6 Å². The average molecular weight is 476 g/mol. The molecule has 0 aliphatic heterocycles. The van der Waals surface area contributed by atoms with Crippen LogP contribution in [0.5, 0.6) is 0 Å². The molecule has 0 fully saturated rings. The van der Waals surface area contributed by atoms with Crippen molar-refractivity contribution in [2.45, 2.75) is 13.1 Å². The van der Waals surface area contributed by atoms with E-state index in [1.165, 1.54) is 16.9 Å². The lowest BCUT2D eigenvalue weighted by Crippen LogP contribution is -2.39. The Labute approximate surface area is 205 Å². The summed E-state index contributed by atoms with van der Waals surface area (Å²) in [5.41, 5.74) is 0.991. The molecule has 1 N–H and O–H groups in total. The van der Waals surface area contributed by atoms with Crippen molar-refractivity contribution in [2.24, 2.45) is 0 Å². The van der Waals surface area contributed by atoms with Crippen molar-refractivity contribution in [1.29, 1.82) is 5.26 Å². The lowest BCUT2D eigenvalue weighted by Gasteiger charge is -2.16. The third-order valence-corrected chi connectivity index (χ3v) is 5.89. The van der Waals surface area contributed by atoms with E-state index in [0.717, 1.165) is 4.57 Å². The second kappa shape index (κ2) is 9.60. The molecule has 2 heterocycles. The molecule has 8 heteroatoms. The van der Waals surface area contributed by atoms with Gasteiger partial charge in [0.15, 0.2) is 0 Å². The number of nitrogens with one attached hydrogen (secondary N) is 1. The molecular weight excluding hydrogens is 456 g/mol. The summed E-state index contributed by atoms with van der Waals surface area (Å²) >= 11 is 0. The van der Waals surface area contributed by atoms with Gasteiger partial charge in [-0.2, -0.15) is 5.26 Å². The van der Waals surface area contributed by atoms with Crippen LogP contribution in [-0.4, -0.2) is 15.0 Å². The highest BCUT2D eigenvalue weighted by Gasteiger charge is 2.18. The molecule has 0 radical (unpaired) electrons. The smallest absolute Gasteiger partial charge is 0.336 e. The van der Waals surface area contributed by atoms with E-state index in [-0.39, 0.29) is 29.9 Å². The monoisotopic (exact) mass is 476 g/mol. The number of nitriles is 1. The van der Waals surface area contributed by atoms with Gasteiger partial charge in [0.1, 0.15) is 5.76 Å². The quantitative estimate of drug-likeness (QED) is 0.403. The number of fused-ring (bicyclic) bond motifs is 1. The Morgan fingerprint density at radius 1 is 0.944 bits per heavy atom. The Kier molecular flexibility index (Phi) is 6.03. The average Bonchev–Trinajstić information content (AvgIpc) is 3.44. The second-order valence-electron chi connectivity index (χ2n) is 8.11. The third kappa shape index (κ3) is 4.21. The first-order valence-corrected chi connectivity index (χ1v) is 11.2. The molecule has 0 saturated heterocycles. The van der Waals surface area contributed by atoms with Crippen LogP contribution in [0.2, 0.25) is 0 Å². The van der Waals surface area contributed by atoms with Crippen molar-refractivity contribution in [2.75, 3.05) is 0 Å². The first kappa shape index (κ1) is 22.6. The van der Waals surface area contributed by atoms with E-state index in [4.69, 9.17) is 4.42 Å². The molecule has 5 rings (SSSR count). The fraction of sp³-hybridized carbons (Fsp3) is 0.0714. The van der Waals surface area contributed by atoms with Gasteiger partial charge in [-0.25, -0.2) is 9.36 Å². The molecule has 5 aromatic rings. The summed E-state index contributed by atoms with van der Waals surface area (Å²) in [5.74, 6) is 0.219. The molecule has 176 valence electrons. The fourth-order valence-electron chi connectivity index (χ4n) is 4.09. The Balaban J connectivity index is 1.68. The van der Waals surface area contributed by atoms with Crippen LogP contribution in [-0.2, 0) is 13.1 Å². The van der Waals surface area contributed by atoms with E-state index < -0.39 is 11.2 Å². The summed E-state index contributed by atoms with van der Waals surface area (Å²) in [6.07, 6.45) is 1.52. The Morgan fingerprint density at radius 2 is 1.72 bits per heavy atom. The van der Waals surface area contributed by atoms with Gasteiger partial charge in [-0.3, -0.25) is 14.2 Å². The number of carbonyl (C=O) groups excluding carboxylic acids is 1. The predicted octanol–water partition coefficient (Wildman–Crippen LogP) is 3.60. The zero-order chi connectivity index (χ0) is 25.1. The van der Waals surface area contributed by atoms with Gasteiger partial charge >= 0.3 is 5.69 Å². The summed E-state index contributed by atoms with van der Waals surface area (Å²) in [5, 5.41) is 12.6. The fourth-order valence-corrected chi connectivity index (χ4v) is 4.09. The molecule has 8 nitrogen and oxygen atoms in total. The second-order valence-corrected chi connectivity index (χ2v) is 8.11. The number of para-hydroxylation sites is 1. The van der Waals surface area contributed by atoms with E-state index >= 15 is 0 Å². The standard InChI is InChI=1S/C28H20N4O4/c29-16-20-7-4-5-8-21(20)18-31-25-15-19(26(33)30-17-23-11-6-14-36-23)12-13-24(25)27(34)32(28(31)35)22-9-2-1-3-10-22/h1-15H,17-18H2,(H,30,33). The summed E-state index contributed by atoms with van der Waals surface area (Å²) < 4.78 is 7.78. The number of nitrogens with zero attached hydrogens (tertiary/aromatic N) is 3. The number of rotatable bonds is 6. The highest BCUT2D eigenvalue weighted by atomic mass is 16.3. The summed E-state index contributed by atoms with van der Waals surface area (Å²) in [7, 11) is 0. The number of hydrogen-bond donors (Lipinski definition) is 1. The molecule has 36 heavy (non-hydrogen) atoms. The zero-order valence-electron chi connectivity index (χ0n) is 19.0. The molecule has 0 saturated carbocycles. The predicted molar refractivity (Wildman–Crippen MR) is 134 cm³/mol. The van der Waals surface area contributed by atoms with E-state index in [9.17, 15) is 19.6 Å². The lowest BCUT2D eigenvalue weighted by atomic mass is 10.1. The van der Waals surface area contributed by atoms with E-state index in [0.29, 0.717) is 28.1 Å². The van der Waals surface area contributed by atoms with Gasteiger partial charge in [0, 0.05) is 5.56 Å². The van der Waals surface area contributed by atoms with Gasteiger partial charge < -0.3 is 9.73 Å². The van der Waals surface area contributed by atoms with Gasteiger partial charge in [0.25, 0.3) is 11.5 Å². The number of hydrogen-bond acceptors (Lipinski definition) is 5. The first-order chi connectivity index (χ1) is 17.6. The van der Waals surface area contributed by atoms with Crippen molar-refractivity contribution in [3.63, 3.8) is 0 Å². The van der Waals surface area contributed by atoms with Crippen LogP contribution in [0.1, 0.15) is 27.2 Å². The highest BCUT2D eigenvalue weighted by Crippen LogP contribution is 2.17. The molecule has 0 unspecified atom stereocenters.